The van der Waals surface area contributed by atoms with E-state index in [9.17, 15) is 0 Å². The lowest BCUT2D eigenvalue weighted by Gasteiger charge is -2.14. The monoisotopic (exact) mass is 274 g/mol. The van der Waals surface area contributed by atoms with Gasteiger partial charge in [0.15, 0.2) is 0 Å². The van der Waals surface area contributed by atoms with Crippen LogP contribution >= 0.6 is 11.5 Å². The summed E-state index contributed by atoms with van der Waals surface area (Å²) in [7, 11) is 0. The van der Waals surface area contributed by atoms with E-state index in [2.05, 4.69) is 21.6 Å². The molecule has 0 saturated heterocycles. The van der Waals surface area contributed by atoms with Gasteiger partial charge in [-0.2, -0.15) is 4.37 Å². The smallest absolute Gasteiger partial charge is 0.147 e. The maximum absolute atomic E-state index is 5.99. The molecule has 2 heterocycles. The fourth-order valence-corrected chi connectivity index (χ4v) is 3.04. The number of nitrogens with one attached hydrogen (secondary N) is 1. The van der Waals surface area contributed by atoms with Gasteiger partial charge in [-0.3, -0.25) is 4.98 Å². The molecule has 1 saturated carbocycles. The summed E-state index contributed by atoms with van der Waals surface area (Å²) in [6, 6.07) is 3.94. The van der Waals surface area contributed by atoms with E-state index in [0.717, 1.165) is 22.7 Å². The SMILES string of the molecule is CCC1(CNc2snc(N)c2-c2cccnc2)CC1. The van der Waals surface area contributed by atoms with Crippen molar-refractivity contribution in [1.82, 2.24) is 9.36 Å². The summed E-state index contributed by atoms with van der Waals surface area (Å²) in [5.41, 5.74) is 8.51. The first kappa shape index (κ1) is 12.4. The number of nitrogen functional groups attached to an aromatic ring is 1. The van der Waals surface area contributed by atoms with Gasteiger partial charge >= 0.3 is 0 Å². The molecule has 3 rings (SSSR count). The molecule has 2 aromatic heterocycles. The molecule has 0 aliphatic heterocycles. The molecule has 1 aliphatic carbocycles. The van der Waals surface area contributed by atoms with Crippen LogP contribution in [0.4, 0.5) is 10.8 Å². The van der Waals surface area contributed by atoms with Crippen LogP contribution in [0, 0.1) is 5.41 Å². The van der Waals surface area contributed by atoms with Gasteiger partial charge in [0.25, 0.3) is 0 Å². The van der Waals surface area contributed by atoms with Crippen LogP contribution in [0.3, 0.4) is 0 Å². The van der Waals surface area contributed by atoms with Gasteiger partial charge in [0.05, 0.1) is 5.56 Å². The first-order valence-corrected chi connectivity index (χ1v) is 7.41. The van der Waals surface area contributed by atoms with Gasteiger partial charge in [0, 0.05) is 24.5 Å². The molecule has 1 aliphatic rings. The molecular weight excluding hydrogens is 256 g/mol. The van der Waals surface area contributed by atoms with Crippen molar-refractivity contribution < 1.29 is 0 Å². The third kappa shape index (κ3) is 2.42. The molecule has 3 N–H and O–H groups in total. The van der Waals surface area contributed by atoms with E-state index in [-0.39, 0.29) is 0 Å². The van der Waals surface area contributed by atoms with Gasteiger partial charge in [-0.1, -0.05) is 13.0 Å². The summed E-state index contributed by atoms with van der Waals surface area (Å²) < 4.78 is 4.27. The predicted octanol–water partition coefficient (Wildman–Crippen LogP) is 3.39. The van der Waals surface area contributed by atoms with Crippen molar-refractivity contribution in [3.05, 3.63) is 24.5 Å². The Morgan fingerprint density at radius 1 is 1.47 bits per heavy atom. The largest absolute Gasteiger partial charge is 0.382 e. The van der Waals surface area contributed by atoms with E-state index in [1.807, 2.05) is 18.3 Å². The summed E-state index contributed by atoms with van der Waals surface area (Å²) in [4.78, 5) is 4.15. The zero-order chi connectivity index (χ0) is 13.3. The van der Waals surface area contributed by atoms with Gasteiger partial charge < -0.3 is 11.1 Å². The second-order valence-electron chi connectivity index (χ2n) is 5.22. The molecule has 100 valence electrons. The molecule has 4 nitrogen and oxygen atoms in total. The van der Waals surface area contributed by atoms with Crippen molar-refractivity contribution >= 4 is 22.4 Å². The van der Waals surface area contributed by atoms with Gasteiger partial charge in [-0.15, -0.1) is 0 Å². The lowest BCUT2D eigenvalue weighted by atomic mass is 10.0. The average molecular weight is 274 g/mol. The van der Waals surface area contributed by atoms with Crippen molar-refractivity contribution in [2.45, 2.75) is 26.2 Å². The Morgan fingerprint density at radius 2 is 2.32 bits per heavy atom. The topological polar surface area (TPSA) is 63.8 Å². The van der Waals surface area contributed by atoms with Gasteiger partial charge in [0.1, 0.15) is 10.8 Å². The molecular formula is C14H18N4S. The van der Waals surface area contributed by atoms with Crippen LogP contribution in [0.15, 0.2) is 24.5 Å². The first-order chi connectivity index (χ1) is 9.24. The van der Waals surface area contributed by atoms with Crippen molar-refractivity contribution in [2.75, 3.05) is 17.6 Å². The number of aromatic nitrogens is 2. The summed E-state index contributed by atoms with van der Waals surface area (Å²) in [6.07, 6.45) is 7.48. The third-order valence-corrected chi connectivity index (χ3v) is 4.82. The van der Waals surface area contributed by atoms with Crippen molar-refractivity contribution in [3.63, 3.8) is 0 Å². The van der Waals surface area contributed by atoms with Crippen molar-refractivity contribution in [1.29, 1.82) is 0 Å². The van der Waals surface area contributed by atoms with Gasteiger partial charge in [-0.25, -0.2) is 0 Å². The molecule has 1 fully saturated rings. The highest BCUT2D eigenvalue weighted by Crippen LogP contribution is 2.49. The Labute approximate surface area is 117 Å². The Balaban J connectivity index is 1.83. The minimum absolute atomic E-state index is 0.505. The highest BCUT2D eigenvalue weighted by atomic mass is 32.1. The number of anilines is 2. The minimum atomic E-state index is 0.505. The average Bonchev–Trinajstić information content (AvgIpc) is 3.15. The second-order valence-corrected chi connectivity index (χ2v) is 5.99. The number of hydrogen-bond acceptors (Lipinski definition) is 5. The van der Waals surface area contributed by atoms with Gasteiger partial charge in [-0.05, 0) is 42.3 Å². The van der Waals surface area contributed by atoms with Crippen LogP contribution in [0.25, 0.3) is 11.1 Å². The second kappa shape index (κ2) is 4.81. The van der Waals surface area contributed by atoms with E-state index in [1.165, 1.54) is 30.8 Å². The molecule has 5 heteroatoms. The molecule has 0 spiro atoms. The van der Waals surface area contributed by atoms with Crippen LogP contribution in [-0.2, 0) is 0 Å². The fraction of sp³-hybridized carbons (Fsp3) is 0.429. The van der Waals surface area contributed by atoms with Crippen LogP contribution in [0.5, 0.6) is 0 Å². The molecule has 0 unspecified atom stereocenters. The summed E-state index contributed by atoms with van der Waals surface area (Å²) in [6.45, 7) is 3.27. The molecule has 0 aromatic carbocycles. The van der Waals surface area contributed by atoms with Crippen LogP contribution in [-0.4, -0.2) is 15.9 Å². The van der Waals surface area contributed by atoms with Crippen LogP contribution in [0.1, 0.15) is 26.2 Å². The molecule has 0 bridgehead atoms. The third-order valence-electron chi connectivity index (χ3n) is 4.00. The zero-order valence-electron chi connectivity index (χ0n) is 11.0. The molecule has 0 atom stereocenters. The summed E-state index contributed by atoms with van der Waals surface area (Å²) in [5.74, 6) is 0.585. The lowest BCUT2D eigenvalue weighted by molar-refractivity contribution is 0.522. The molecule has 19 heavy (non-hydrogen) atoms. The van der Waals surface area contributed by atoms with Crippen molar-refractivity contribution in [3.8, 4) is 11.1 Å². The predicted molar refractivity (Wildman–Crippen MR) is 80.2 cm³/mol. The quantitative estimate of drug-likeness (QED) is 0.877. The Morgan fingerprint density at radius 3 is 2.95 bits per heavy atom. The lowest BCUT2D eigenvalue weighted by Crippen LogP contribution is -2.14. The normalized spacial score (nSPS) is 16.3. The van der Waals surface area contributed by atoms with Crippen molar-refractivity contribution in [2.24, 2.45) is 5.41 Å². The van der Waals surface area contributed by atoms with E-state index >= 15 is 0 Å². The van der Waals surface area contributed by atoms with E-state index in [4.69, 9.17) is 5.73 Å². The van der Waals surface area contributed by atoms with E-state index < -0.39 is 0 Å². The highest BCUT2D eigenvalue weighted by molar-refractivity contribution is 7.11. The number of nitrogens with zero attached hydrogens (tertiary/aromatic N) is 2. The molecule has 0 radical (unpaired) electrons. The minimum Gasteiger partial charge on any atom is -0.382 e. The van der Waals surface area contributed by atoms with Crippen LogP contribution < -0.4 is 11.1 Å². The van der Waals surface area contributed by atoms with Gasteiger partial charge in [0.2, 0.25) is 0 Å². The zero-order valence-corrected chi connectivity index (χ0v) is 11.8. The fourth-order valence-electron chi connectivity index (χ4n) is 2.31. The Kier molecular flexibility index (Phi) is 3.14. The highest BCUT2D eigenvalue weighted by Gasteiger charge is 2.40. The van der Waals surface area contributed by atoms with E-state index in [1.54, 1.807) is 6.20 Å². The Bertz CT molecular complexity index is 560. The number of hydrogen-bond donors (Lipinski definition) is 2. The summed E-state index contributed by atoms with van der Waals surface area (Å²) in [5, 5.41) is 4.59. The number of nitrogens with two attached hydrogens (primary N) is 1. The maximum Gasteiger partial charge on any atom is 0.147 e. The molecule has 0 amide bonds. The Hall–Kier alpha value is -1.62. The van der Waals surface area contributed by atoms with Crippen LogP contribution in [0.2, 0.25) is 0 Å². The number of pyridine rings is 1. The number of rotatable bonds is 5. The van der Waals surface area contributed by atoms with E-state index in [0.29, 0.717) is 11.2 Å². The first-order valence-electron chi connectivity index (χ1n) is 6.63. The molecule has 2 aromatic rings. The summed E-state index contributed by atoms with van der Waals surface area (Å²) >= 11 is 1.44. The standard InChI is InChI=1S/C14H18N4S/c1-2-14(5-6-14)9-17-13-11(12(15)18-19-13)10-4-3-7-16-8-10/h3-4,7-8,17H,2,5-6,9H2,1H3,(H2,15,18). The maximum atomic E-state index is 5.99.